The van der Waals surface area contributed by atoms with E-state index in [1.165, 1.54) is 0 Å². The van der Waals surface area contributed by atoms with E-state index in [1.807, 2.05) is 54.6 Å². The van der Waals surface area contributed by atoms with Gasteiger partial charge in [0.2, 0.25) is 0 Å². The Morgan fingerprint density at radius 2 is 1.50 bits per heavy atom. The van der Waals surface area contributed by atoms with Gasteiger partial charge in [0.05, 0.1) is 40.6 Å². The van der Waals surface area contributed by atoms with Gasteiger partial charge in [0.15, 0.2) is 0 Å². The smallest absolute Gasteiger partial charge is 0.101 e. The first-order chi connectivity index (χ1) is 15.6. The zero-order valence-corrected chi connectivity index (χ0v) is 18.1. The van der Waals surface area contributed by atoms with Gasteiger partial charge in [0.25, 0.3) is 0 Å². The van der Waals surface area contributed by atoms with E-state index in [0.717, 1.165) is 43.0 Å². The molecule has 0 aliphatic carbocycles. The molecule has 0 saturated carbocycles. The molecule has 3 aromatic rings. The maximum atomic E-state index is 9.71. The third kappa shape index (κ3) is 4.58. The van der Waals surface area contributed by atoms with Gasteiger partial charge in [-0.15, -0.1) is 0 Å². The minimum atomic E-state index is 0.0273. The Morgan fingerprint density at radius 1 is 0.812 bits per heavy atom. The lowest BCUT2D eigenvalue weighted by molar-refractivity contribution is 0.215. The Bertz CT molecular complexity index is 1230. The van der Waals surface area contributed by atoms with Gasteiger partial charge < -0.3 is 4.90 Å². The van der Waals surface area contributed by atoms with Crippen LogP contribution in [0.4, 0.5) is 5.69 Å². The van der Waals surface area contributed by atoms with Crippen LogP contribution in [0.25, 0.3) is 0 Å². The highest BCUT2D eigenvalue weighted by atomic mass is 35.5. The van der Waals surface area contributed by atoms with Crippen molar-refractivity contribution in [1.82, 2.24) is 4.90 Å². The summed E-state index contributed by atoms with van der Waals surface area (Å²) < 4.78 is 0. The highest BCUT2D eigenvalue weighted by Gasteiger charge is 2.30. The number of anilines is 1. The first-order valence-corrected chi connectivity index (χ1v) is 10.7. The summed E-state index contributed by atoms with van der Waals surface area (Å²) in [5, 5.41) is 28.6. The molecule has 0 amide bonds. The minimum absolute atomic E-state index is 0.0273. The topological polar surface area (TPSA) is 77.8 Å². The van der Waals surface area contributed by atoms with E-state index in [9.17, 15) is 10.5 Å². The first kappa shape index (κ1) is 21.4. The fourth-order valence-electron chi connectivity index (χ4n) is 4.13. The summed E-state index contributed by atoms with van der Waals surface area (Å²) in [5.74, 6) is 0. The van der Waals surface area contributed by atoms with E-state index in [-0.39, 0.29) is 6.04 Å². The molecule has 0 unspecified atom stereocenters. The van der Waals surface area contributed by atoms with Crippen molar-refractivity contribution in [1.29, 1.82) is 15.8 Å². The molecule has 3 aromatic carbocycles. The fraction of sp³-hybridized carbons (Fsp3) is 0.192. The largest absolute Gasteiger partial charge is 0.361 e. The molecule has 0 bridgehead atoms. The van der Waals surface area contributed by atoms with E-state index >= 15 is 0 Å². The molecule has 1 aliphatic heterocycles. The van der Waals surface area contributed by atoms with E-state index in [4.69, 9.17) is 16.9 Å². The monoisotopic (exact) mass is 437 g/mol. The average Bonchev–Trinajstić information content (AvgIpc) is 2.84. The van der Waals surface area contributed by atoms with Gasteiger partial charge in [-0.3, -0.25) is 4.90 Å². The van der Waals surface area contributed by atoms with Crippen molar-refractivity contribution < 1.29 is 0 Å². The van der Waals surface area contributed by atoms with Crippen molar-refractivity contribution in [2.45, 2.75) is 12.6 Å². The van der Waals surface area contributed by atoms with Crippen LogP contribution in [0.1, 0.15) is 33.9 Å². The van der Waals surface area contributed by atoms with Crippen molar-refractivity contribution in [3.63, 3.8) is 0 Å². The molecule has 1 atom stereocenters. The van der Waals surface area contributed by atoms with Crippen LogP contribution < -0.4 is 4.90 Å². The summed E-state index contributed by atoms with van der Waals surface area (Å²) in [7, 11) is 0. The van der Waals surface area contributed by atoms with Gasteiger partial charge in [-0.1, -0.05) is 35.9 Å². The maximum Gasteiger partial charge on any atom is 0.101 e. The lowest BCUT2D eigenvalue weighted by Gasteiger charge is -2.43. The number of nitrogens with zero attached hydrogens (tertiary/aromatic N) is 5. The molecule has 1 aliphatic rings. The van der Waals surface area contributed by atoms with Crippen LogP contribution in [-0.2, 0) is 6.54 Å². The predicted molar refractivity (Wildman–Crippen MR) is 124 cm³/mol. The zero-order valence-electron chi connectivity index (χ0n) is 17.4. The third-order valence-electron chi connectivity index (χ3n) is 5.76. The molecule has 4 rings (SSSR count). The number of halogens is 1. The first-order valence-electron chi connectivity index (χ1n) is 10.3. The quantitative estimate of drug-likeness (QED) is 0.572. The molecular formula is C26H20ClN5. The second kappa shape index (κ2) is 9.54. The summed E-state index contributed by atoms with van der Waals surface area (Å²) in [5.41, 5.74) is 4.75. The van der Waals surface area contributed by atoms with Crippen LogP contribution in [0.5, 0.6) is 0 Å². The van der Waals surface area contributed by atoms with Crippen molar-refractivity contribution in [3.8, 4) is 18.2 Å². The molecule has 6 heteroatoms. The van der Waals surface area contributed by atoms with Crippen LogP contribution in [0.3, 0.4) is 0 Å². The minimum Gasteiger partial charge on any atom is -0.361 e. The number of rotatable bonds is 4. The number of piperazine rings is 1. The summed E-state index contributed by atoms with van der Waals surface area (Å²) in [6, 6.07) is 27.4. The molecule has 156 valence electrons. The van der Waals surface area contributed by atoms with Crippen LogP contribution in [0, 0.1) is 34.0 Å². The van der Waals surface area contributed by atoms with Gasteiger partial charge >= 0.3 is 0 Å². The van der Waals surface area contributed by atoms with E-state index in [0.29, 0.717) is 21.7 Å². The summed E-state index contributed by atoms with van der Waals surface area (Å²) in [4.78, 5) is 4.63. The van der Waals surface area contributed by atoms with Gasteiger partial charge in [-0.2, -0.15) is 15.8 Å². The van der Waals surface area contributed by atoms with Crippen LogP contribution in [-0.4, -0.2) is 24.5 Å². The Balaban J connectivity index is 1.64. The Labute approximate surface area is 192 Å². The van der Waals surface area contributed by atoms with E-state index < -0.39 is 0 Å². The number of hydrogen-bond donors (Lipinski definition) is 0. The molecule has 0 spiro atoms. The number of nitriles is 3. The molecule has 32 heavy (non-hydrogen) atoms. The van der Waals surface area contributed by atoms with Crippen LogP contribution >= 0.6 is 11.6 Å². The van der Waals surface area contributed by atoms with Crippen molar-refractivity contribution in [2.75, 3.05) is 24.5 Å². The second-order valence-electron chi connectivity index (χ2n) is 7.76. The van der Waals surface area contributed by atoms with Gasteiger partial charge in [-0.05, 0) is 53.6 Å². The fourth-order valence-corrected chi connectivity index (χ4v) is 4.26. The van der Waals surface area contributed by atoms with Gasteiger partial charge in [0, 0.05) is 31.2 Å². The van der Waals surface area contributed by atoms with Crippen molar-refractivity contribution >= 4 is 17.3 Å². The average molecular weight is 438 g/mol. The predicted octanol–water partition coefficient (Wildman–Crippen LogP) is 5.02. The zero-order chi connectivity index (χ0) is 22.5. The second-order valence-corrected chi connectivity index (χ2v) is 8.20. The molecule has 0 radical (unpaired) electrons. The molecular weight excluding hydrogens is 418 g/mol. The highest BCUT2D eigenvalue weighted by molar-refractivity contribution is 6.30. The van der Waals surface area contributed by atoms with Gasteiger partial charge in [-0.25, -0.2) is 0 Å². The lowest BCUT2D eigenvalue weighted by Crippen LogP contribution is -2.48. The van der Waals surface area contributed by atoms with Crippen molar-refractivity contribution in [2.24, 2.45) is 0 Å². The molecule has 1 heterocycles. The van der Waals surface area contributed by atoms with Crippen LogP contribution in [0.2, 0.25) is 5.02 Å². The Morgan fingerprint density at radius 3 is 2.16 bits per heavy atom. The lowest BCUT2D eigenvalue weighted by atomic mass is 9.99. The standard InChI is InChI=1S/C26H20ClN5/c27-24-8-6-22(7-9-24)26-18-31(17-20-3-1-19(14-28)2-4-20)11-12-32(26)25-10-5-21(15-29)13-23(25)16-30/h1-10,13,26H,11-12,17-18H2/t26-/m0/s1. The normalized spacial score (nSPS) is 16.1. The summed E-state index contributed by atoms with van der Waals surface area (Å²) in [6.07, 6.45) is 0. The van der Waals surface area contributed by atoms with Crippen LogP contribution in [0.15, 0.2) is 66.7 Å². The Hall–Kier alpha value is -3.82. The Kier molecular flexibility index (Phi) is 6.39. The van der Waals surface area contributed by atoms with Crippen molar-refractivity contribution in [3.05, 3.63) is 99.6 Å². The highest BCUT2D eigenvalue weighted by Crippen LogP contribution is 2.34. The summed E-state index contributed by atoms with van der Waals surface area (Å²) >= 11 is 6.13. The molecule has 1 saturated heterocycles. The molecule has 1 fully saturated rings. The molecule has 0 aromatic heterocycles. The maximum absolute atomic E-state index is 9.71. The van der Waals surface area contributed by atoms with E-state index in [2.05, 4.69) is 28.0 Å². The van der Waals surface area contributed by atoms with E-state index in [1.54, 1.807) is 12.1 Å². The number of benzene rings is 3. The molecule has 0 N–H and O–H groups in total. The molecule has 5 nitrogen and oxygen atoms in total. The number of hydrogen-bond acceptors (Lipinski definition) is 5. The SMILES string of the molecule is N#Cc1ccc(CN2CCN(c3ccc(C#N)cc3C#N)[C@H](c3ccc(Cl)cc3)C2)cc1. The van der Waals surface area contributed by atoms with Gasteiger partial charge in [0.1, 0.15) is 6.07 Å². The third-order valence-corrected chi connectivity index (χ3v) is 6.02. The summed E-state index contributed by atoms with van der Waals surface area (Å²) in [6.45, 7) is 3.12.